The Morgan fingerprint density at radius 1 is 1.11 bits per heavy atom. The fraction of sp³-hybridized carbons (Fsp3) is 0.269. The van der Waals surface area contributed by atoms with Gasteiger partial charge in [0, 0.05) is 17.5 Å². The molecule has 0 radical (unpaired) electrons. The molecule has 2 aromatic heterocycles. The lowest BCUT2D eigenvalue weighted by molar-refractivity contribution is 0.249. The summed E-state index contributed by atoms with van der Waals surface area (Å²) in [5.41, 5.74) is 1.34. The number of anilines is 1. The van der Waals surface area contributed by atoms with E-state index in [1.54, 1.807) is 35.8 Å². The van der Waals surface area contributed by atoms with Crippen molar-refractivity contribution in [2.75, 3.05) is 26.6 Å². The molecule has 2 atom stereocenters. The number of nitrogens with zero attached hydrogens (tertiary/aromatic N) is 2. The maximum Gasteiger partial charge on any atom is 0.319 e. The van der Waals surface area contributed by atoms with Gasteiger partial charge in [-0.2, -0.15) is 0 Å². The molecule has 0 saturated carbocycles. The highest BCUT2D eigenvalue weighted by molar-refractivity contribution is 6.37. The molecule has 11 heteroatoms. The van der Waals surface area contributed by atoms with Gasteiger partial charge < -0.3 is 33.9 Å². The second-order valence-corrected chi connectivity index (χ2v) is 8.99. The first-order chi connectivity index (χ1) is 17.9. The van der Waals surface area contributed by atoms with Crippen LogP contribution in [-0.4, -0.2) is 43.1 Å². The Balaban J connectivity index is 1.39. The molecule has 2 aromatic carbocycles. The number of urea groups is 1. The molecule has 2 heterocycles. The Kier molecular flexibility index (Phi) is 6.43. The Morgan fingerprint density at radius 3 is 2.51 bits per heavy atom. The number of aromatic nitrogens is 2. The van der Waals surface area contributed by atoms with E-state index in [0.717, 1.165) is 0 Å². The lowest BCUT2D eigenvalue weighted by Crippen LogP contribution is -2.37. The maximum atomic E-state index is 13.5. The predicted octanol–water partition coefficient (Wildman–Crippen LogP) is 4.82. The van der Waals surface area contributed by atoms with Gasteiger partial charge >= 0.3 is 6.03 Å². The number of carbonyl (C=O) groups excluding carboxylic acids is 1. The van der Waals surface area contributed by atoms with E-state index in [1.165, 1.54) is 21.3 Å². The summed E-state index contributed by atoms with van der Waals surface area (Å²) in [6.07, 6.45) is 4.24. The van der Waals surface area contributed by atoms with Crippen molar-refractivity contribution in [2.45, 2.75) is 25.4 Å². The summed E-state index contributed by atoms with van der Waals surface area (Å²) in [6, 6.07) is 7.61. The number of allylic oxidation sites excluding steroid dienone is 1. The summed E-state index contributed by atoms with van der Waals surface area (Å²) in [5.74, 6) is 1.69. The number of carbonyl (C=O) groups is 1. The van der Waals surface area contributed by atoms with E-state index in [1.807, 2.05) is 18.2 Å². The quantitative estimate of drug-likeness (QED) is 0.347. The third-order valence-electron chi connectivity index (χ3n) is 6.42. The van der Waals surface area contributed by atoms with Crippen LogP contribution in [0.15, 0.2) is 51.8 Å². The minimum Gasteiger partial charge on any atom is -0.493 e. The van der Waals surface area contributed by atoms with Gasteiger partial charge in [0.15, 0.2) is 11.5 Å². The topological polar surface area (TPSA) is 117 Å². The molecule has 0 bridgehead atoms. The van der Waals surface area contributed by atoms with Crippen LogP contribution in [0.3, 0.4) is 0 Å². The highest BCUT2D eigenvalue weighted by Crippen LogP contribution is 2.40. The largest absolute Gasteiger partial charge is 0.493 e. The van der Waals surface area contributed by atoms with Crippen molar-refractivity contribution in [3.8, 4) is 17.2 Å². The lowest BCUT2D eigenvalue weighted by atomic mass is 10.1. The monoisotopic (exact) mass is 524 g/mol. The van der Waals surface area contributed by atoms with Crippen molar-refractivity contribution in [2.24, 2.45) is 0 Å². The van der Waals surface area contributed by atoms with Crippen LogP contribution in [-0.2, 0) is 0 Å². The summed E-state index contributed by atoms with van der Waals surface area (Å²) in [4.78, 5) is 26.3. The minimum absolute atomic E-state index is 0.222. The lowest BCUT2D eigenvalue weighted by Gasteiger charge is -2.19. The summed E-state index contributed by atoms with van der Waals surface area (Å²) >= 11 is 6.51. The molecule has 1 aliphatic carbocycles. The number of nitrogens with one attached hydrogen (secondary N) is 2. The van der Waals surface area contributed by atoms with Crippen molar-refractivity contribution in [3.63, 3.8) is 0 Å². The van der Waals surface area contributed by atoms with Crippen molar-refractivity contribution in [1.82, 2.24) is 15.0 Å². The van der Waals surface area contributed by atoms with E-state index in [9.17, 15) is 9.59 Å². The Labute approximate surface area is 216 Å². The molecule has 0 aliphatic heterocycles. The second-order valence-electron chi connectivity index (χ2n) is 8.58. The van der Waals surface area contributed by atoms with Gasteiger partial charge in [-0.1, -0.05) is 35.0 Å². The van der Waals surface area contributed by atoms with Gasteiger partial charge in [0.1, 0.15) is 16.7 Å². The van der Waals surface area contributed by atoms with E-state index in [2.05, 4.69) is 15.8 Å². The van der Waals surface area contributed by atoms with Crippen LogP contribution in [0, 0.1) is 6.92 Å². The zero-order valence-corrected chi connectivity index (χ0v) is 21.4. The predicted molar refractivity (Wildman–Crippen MR) is 140 cm³/mol. The van der Waals surface area contributed by atoms with Crippen LogP contribution >= 0.6 is 11.6 Å². The van der Waals surface area contributed by atoms with E-state index < -0.39 is 6.03 Å². The first kappa shape index (κ1) is 24.5. The number of fused-ring (bicyclic) bond motifs is 3. The second kappa shape index (κ2) is 9.70. The molecule has 10 nitrogen and oxygen atoms in total. The van der Waals surface area contributed by atoms with Crippen LogP contribution in [0.5, 0.6) is 17.2 Å². The number of ether oxygens (including phenoxy) is 3. The van der Waals surface area contributed by atoms with Crippen molar-refractivity contribution in [1.29, 1.82) is 0 Å². The number of rotatable bonds is 6. The Morgan fingerprint density at radius 2 is 1.84 bits per heavy atom. The zero-order chi connectivity index (χ0) is 26.3. The molecule has 0 spiro atoms. The molecule has 0 saturated heterocycles. The highest BCUT2D eigenvalue weighted by Gasteiger charge is 2.27. The molecule has 5 rings (SSSR count). The van der Waals surface area contributed by atoms with Crippen molar-refractivity contribution >= 4 is 45.1 Å². The summed E-state index contributed by atoms with van der Waals surface area (Å²) in [7, 11) is 4.51. The molecule has 4 aromatic rings. The molecule has 192 valence electrons. The average molecular weight is 525 g/mol. The molecule has 2 N–H and O–H groups in total. The van der Waals surface area contributed by atoms with Gasteiger partial charge in [0.05, 0.1) is 49.6 Å². The van der Waals surface area contributed by atoms with Gasteiger partial charge in [-0.3, -0.25) is 4.79 Å². The first-order valence-electron chi connectivity index (χ1n) is 11.5. The third-order valence-corrected chi connectivity index (χ3v) is 6.73. The number of methoxy groups -OCH3 is 3. The molecule has 0 fully saturated rings. The Bertz CT molecular complexity index is 1580. The van der Waals surface area contributed by atoms with E-state index in [-0.39, 0.29) is 17.6 Å². The van der Waals surface area contributed by atoms with E-state index in [4.69, 9.17) is 30.3 Å². The van der Waals surface area contributed by atoms with Crippen LogP contribution in [0.2, 0.25) is 5.02 Å². The summed E-state index contributed by atoms with van der Waals surface area (Å²) in [6.45, 7) is 1.70. The smallest absolute Gasteiger partial charge is 0.319 e. The molecule has 1 aliphatic rings. The van der Waals surface area contributed by atoms with Crippen LogP contribution in [0.25, 0.3) is 21.8 Å². The van der Waals surface area contributed by atoms with Gasteiger partial charge in [0.2, 0.25) is 5.75 Å². The van der Waals surface area contributed by atoms with Crippen LogP contribution in [0.1, 0.15) is 18.2 Å². The summed E-state index contributed by atoms with van der Waals surface area (Å²) < 4.78 is 23.0. The molecule has 2 amide bonds. The van der Waals surface area contributed by atoms with Crippen LogP contribution in [0.4, 0.5) is 10.5 Å². The van der Waals surface area contributed by atoms with Gasteiger partial charge in [0.25, 0.3) is 5.56 Å². The van der Waals surface area contributed by atoms with Gasteiger partial charge in [-0.25, -0.2) is 4.79 Å². The number of benzene rings is 2. The van der Waals surface area contributed by atoms with E-state index >= 15 is 0 Å². The summed E-state index contributed by atoms with van der Waals surface area (Å²) in [5, 5.41) is 11.3. The number of hydrogen-bond acceptors (Lipinski definition) is 7. The molecular weight excluding hydrogens is 500 g/mol. The Hall–Kier alpha value is -4.18. The number of halogens is 1. The molecular formula is C26H25ClN4O6. The SMILES string of the molecule is COc1cc(NC(=O)NC2C=CC(n3c(=O)c4c(C)onc4c4c(Cl)cccc43)C2)cc(OC)c1OC. The number of amides is 2. The van der Waals surface area contributed by atoms with Crippen molar-refractivity contribution < 1.29 is 23.5 Å². The number of hydrogen-bond donors (Lipinski definition) is 2. The normalized spacial score (nSPS) is 16.8. The third kappa shape index (κ3) is 4.23. The van der Waals surface area contributed by atoms with Crippen LogP contribution < -0.4 is 30.4 Å². The van der Waals surface area contributed by atoms with E-state index in [0.29, 0.717) is 61.9 Å². The first-order valence-corrected chi connectivity index (χ1v) is 11.9. The molecule has 37 heavy (non-hydrogen) atoms. The number of aryl methyl sites for hydroxylation is 1. The van der Waals surface area contributed by atoms with Gasteiger partial charge in [-0.05, 0) is 25.5 Å². The fourth-order valence-electron chi connectivity index (χ4n) is 4.77. The molecule has 2 unspecified atom stereocenters. The van der Waals surface area contributed by atoms with Gasteiger partial charge in [-0.15, -0.1) is 0 Å². The number of pyridine rings is 1. The zero-order valence-electron chi connectivity index (χ0n) is 20.6. The maximum absolute atomic E-state index is 13.5. The standard InChI is InChI=1S/C26H25ClN4O6/c1-13-21-23(30-37-13)22-17(27)6-5-7-18(22)31(25(21)32)16-9-8-14(10-16)28-26(33)29-15-11-19(34-2)24(36-4)20(12-15)35-3/h5-9,11-12,14,16H,10H2,1-4H3,(H2,28,29,33). The average Bonchev–Trinajstić information content (AvgIpc) is 3.50. The minimum atomic E-state index is -0.421. The fourth-order valence-corrected chi connectivity index (χ4v) is 5.03. The van der Waals surface area contributed by atoms with Crippen molar-refractivity contribution in [3.05, 3.63) is 63.6 Å². The highest BCUT2D eigenvalue weighted by atomic mass is 35.5.